The van der Waals surface area contributed by atoms with Crippen LogP contribution in [0.15, 0.2) is 66.9 Å². The van der Waals surface area contributed by atoms with Gasteiger partial charge in [-0.05, 0) is 55.7 Å². The van der Waals surface area contributed by atoms with E-state index in [2.05, 4.69) is 30.1 Å². The summed E-state index contributed by atoms with van der Waals surface area (Å²) in [5, 5.41) is 0. The zero-order valence-electron chi connectivity index (χ0n) is 14.7. The lowest BCUT2D eigenvalue weighted by atomic mass is 9.99. The van der Waals surface area contributed by atoms with Gasteiger partial charge in [-0.15, -0.1) is 0 Å². The van der Waals surface area contributed by atoms with E-state index < -0.39 is 0 Å². The van der Waals surface area contributed by atoms with Crippen LogP contribution in [0.2, 0.25) is 0 Å². The van der Waals surface area contributed by atoms with E-state index in [1.807, 2.05) is 35.2 Å². The monoisotopic (exact) mass is 344 g/mol. The second-order valence-corrected chi connectivity index (χ2v) is 6.49. The van der Waals surface area contributed by atoms with E-state index >= 15 is 0 Å². The first-order valence-corrected chi connectivity index (χ1v) is 8.81. The number of hydrogen-bond donors (Lipinski definition) is 0. The molecule has 0 spiro atoms. The van der Waals surface area contributed by atoms with E-state index in [0.29, 0.717) is 17.2 Å². The zero-order chi connectivity index (χ0) is 17.9. The molecule has 0 N–H and O–H groups in total. The molecule has 0 atom stereocenters. The molecule has 0 unspecified atom stereocenters. The summed E-state index contributed by atoms with van der Waals surface area (Å²) in [6.07, 6.45) is 3.67. The van der Waals surface area contributed by atoms with Gasteiger partial charge in [-0.25, -0.2) is 4.98 Å². The van der Waals surface area contributed by atoms with Crippen molar-refractivity contribution in [3.63, 3.8) is 0 Å². The van der Waals surface area contributed by atoms with Gasteiger partial charge in [-0.1, -0.05) is 29.8 Å². The van der Waals surface area contributed by atoms with Crippen LogP contribution in [-0.4, -0.2) is 17.4 Å². The summed E-state index contributed by atoms with van der Waals surface area (Å²) in [6.45, 7) is 2.82. The number of anilines is 1. The Hall–Kier alpha value is -3.14. The highest BCUT2D eigenvalue weighted by Crippen LogP contribution is 2.30. The minimum Gasteiger partial charge on any atom is -0.439 e. The highest BCUT2D eigenvalue weighted by atomic mass is 16.5. The summed E-state index contributed by atoms with van der Waals surface area (Å²) in [5.74, 6) is 1.12. The summed E-state index contributed by atoms with van der Waals surface area (Å²) < 4.78 is 5.76. The number of nitrogens with zero attached hydrogens (tertiary/aromatic N) is 2. The quantitative estimate of drug-likeness (QED) is 0.687. The molecule has 4 rings (SSSR count). The summed E-state index contributed by atoms with van der Waals surface area (Å²) in [6, 6.07) is 19.1. The molecule has 1 aliphatic rings. The summed E-state index contributed by atoms with van der Waals surface area (Å²) in [7, 11) is 0. The number of hydrogen-bond acceptors (Lipinski definition) is 3. The van der Waals surface area contributed by atoms with Crippen molar-refractivity contribution in [2.75, 3.05) is 11.4 Å². The van der Waals surface area contributed by atoms with E-state index in [1.165, 1.54) is 11.1 Å². The van der Waals surface area contributed by atoms with Crippen LogP contribution >= 0.6 is 0 Å². The second kappa shape index (κ2) is 7.00. The molecule has 26 heavy (non-hydrogen) atoms. The number of aryl methyl sites for hydroxylation is 2. The largest absolute Gasteiger partial charge is 0.439 e. The topological polar surface area (TPSA) is 42.4 Å². The van der Waals surface area contributed by atoms with Crippen molar-refractivity contribution in [2.45, 2.75) is 19.8 Å². The highest BCUT2D eigenvalue weighted by Gasteiger charge is 2.23. The van der Waals surface area contributed by atoms with Crippen LogP contribution in [0.5, 0.6) is 11.6 Å². The van der Waals surface area contributed by atoms with E-state index in [-0.39, 0.29) is 5.91 Å². The maximum Gasteiger partial charge on any atom is 0.258 e. The molecule has 1 aliphatic heterocycles. The fraction of sp³-hybridized carbons (Fsp3) is 0.182. The van der Waals surface area contributed by atoms with Crippen LogP contribution in [0.25, 0.3) is 0 Å². The van der Waals surface area contributed by atoms with Gasteiger partial charge in [0.15, 0.2) is 0 Å². The van der Waals surface area contributed by atoms with Gasteiger partial charge >= 0.3 is 0 Å². The number of aromatic nitrogens is 1. The molecule has 4 heteroatoms. The van der Waals surface area contributed by atoms with Crippen LogP contribution < -0.4 is 9.64 Å². The van der Waals surface area contributed by atoms with Gasteiger partial charge < -0.3 is 9.64 Å². The number of pyridine rings is 1. The van der Waals surface area contributed by atoms with Crippen molar-refractivity contribution < 1.29 is 9.53 Å². The Kier molecular flexibility index (Phi) is 4.40. The third-order valence-electron chi connectivity index (χ3n) is 4.54. The minimum absolute atomic E-state index is 0.00118. The first-order chi connectivity index (χ1) is 12.7. The molecule has 3 aromatic rings. The molecule has 0 aliphatic carbocycles. The molecule has 0 saturated carbocycles. The van der Waals surface area contributed by atoms with E-state index in [0.717, 1.165) is 25.1 Å². The Bertz CT molecular complexity index is 938. The lowest BCUT2D eigenvalue weighted by Crippen LogP contribution is -2.35. The lowest BCUT2D eigenvalue weighted by molar-refractivity contribution is 0.0985. The number of carbonyl (C=O) groups excluding carboxylic acids is 1. The molecule has 4 nitrogen and oxygen atoms in total. The van der Waals surface area contributed by atoms with Gasteiger partial charge in [-0.2, -0.15) is 0 Å². The smallest absolute Gasteiger partial charge is 0.258 e. The average Bonchev–Trinajstić information content (AvgIpc) is 2.68. The normalized spacial score (nSPS) is 13.2. The Balaban J connectivity index is 1.61. The molecule has 0 fully saturated rings. The Labute approximate surface area is 153 Å². The summed E-state index contributed by atoms with van der Waals surface area (Å²) in [4.78, 5) is 19.1. The second-order valence-electron chi connectivity index (χ2n) is 6.49. The van der Waals surface area contributed by atoms with E-state index in [1.54, 1.807) is 18.3 Å². The highest BCUT2D eigenvalue weighted by molar-refractivity contribution is 6.07. The third-order valence-corrected chi connectivity index (χ3v) is 4.54. The number of ether oxygens (including phenoxy) is 1. The molecule has 130 valence electrons. The predicted molar refractivity (Wildman–Crippen MR) is 102 cm³/mol. The van der Waals surface area contributed by atoms with Gasteiger partial charge in [0.25, 0.3) is 5.91 Å². The van der Waals surface area contributed by atoms with Gasteiger partial charge in [0, 0.05) is 30.1 Å². The third kappa shape index (κ3) is 3.31. The van der Waals surface area contributed by atoms with Crippen molar-refractivity contribution in [1.82, 2.24) is 4.98 Å². The molecule has 0 saturated heterocycles. The van der Waals surface area contributed by atoms with Crippen LogP contribution in [0, 0.1) is 6.92 Å². The Morgan fingerprint density at radius 1 is 1.08 bits per heavy atom. The van der Waals surface area contributed by atoms with Crippen LogP contribution in [0.4, 0.5) is 5.69 Å². The lowest BCUT2D eigenvalue weighted by Gasteiger charge is -2.30. The van der Waals surface area contributed by atoms with Gasteiger partial charge in [-0.3, -0.25) is 4.79 Å². The predicted octanol–water partition coefficient (Wildman–Crippen LogP) is 4.78. The van der Waals surface area contributed by atoms with E-state index in [4.69, 9.17) is 4.74 Å². The van der Waals surface area contributed by atoms with Gasteiger partial charge in [0.1, 0.15) is 5.75 Å². The maximum atomic E-state index is 13.1. The van der Waals surface area contributed by atoms with Gasteiger partial charge in [0.05, 0.1) is 0 Å². The molecule has 1 amide bonds. The number of amides is 1. The van der Waals surface area contributed by atoms with Crippen molar-refractivity contribution in [3.05, 3.63) is 83.6 Å². The maximum absolute atomic E-state index is 13.1. The standard InChI is InChI=1S/C22H20N2O2/c1-16-10-11-20-17(14-16)7-5-13-24(20)22(25)18-6-4-8-19(15-18)26-21-9-2-3-12-23-21/h2-4,6,8-12,14-15H,5,7,13H2,1H3. The fourth-order valence-corrected chi connectivity index (χ4v) is 3.31. The SMILES string of the molecule is Cc1ccc2c(c1)CCCN2C(=O)c1cccc(Oc2ccccn2)c1. The minimum atomic E-state index is 0.00118. The summed E-state index contributed by atoms with van der Waals surface area (Å²) >= 11 is 0. The van der Waals surface area contributed by atoms with E-state index in [9.17, 15) is 4.79 Å². The first-order valence-electron chi connectivity index (χ1n) is 8.81. The van der Waals surface area contributed by atoms with Crippen molar-refractivity contribution in [3.8, 4) is 11.6 Å². The molecular formula is C22H20N2O2. The Morgan fingerprint density at radius 2 is 2.00 bits per heavy atom. The number of rotatable bonds is 3. The van der Waals surface area contributed by atoms with Crippen molar-refractivity contribution in [2.24, 2.45) is 0 Å². The molecule has 0 radical (unpaired) electrons. The Morgan fingerprint density at radius 3 is 2.85 bits per heavy atom. The van der Waals surface area contributed by atoms with Crippen LogP contribution in [0.3, 0.4) is 0 Å². The number of benzene rings is 2. The number of fused-ring (bicyclic) bond motifs is 1. The van der Waals surface area contributed by atoms with Gasteiger partial charge in [0.2, 0.25) is 5.88 Å². The van der Waals surface area contributed by atoms with Crippen molar-refractivity contribution >= 4 is 11.6 Å². The fourth-order valence-electron chi connectivity index (χ4n) is 3.31. The summed E-state index contributed by atoms with van der Waals surface area (Å²) in [5.41, 5.74) is 4.10. The average molecular weight is 344 g/mol. The molecule has 2 aromatic carbocycles. The zero-order valence-corrected chi connectivity index (χ0v) is 14.7. The number of carbonyl (C=O) groups is 1. The first kappa shape index (κ1) is 16.3. The van der Waals surface area contributed by atoms with Crippen molar-refractivity contribution in [1.29, 1.82) is 0 Å². The van der Waals surface area contributed by atoms with Crippen LogP contribution in [-0.2, 0) is 6.42 Å². The molecule has 1 aromatic heterocycles. The molecule has 0 bridgehead atoms. The molecular weight excluding hydrogens is 324 g/mol. The molecule has 2 heterocycles. The van der Waals surface area contributed by atoms with Crippen LogP contribution in [0.1, 0.15) is 27.9 Å².